The largest absolute Gasteiger partial charge is 0.241 e. The normalized spacial score (nSPS) is 17.1. The van der Waals surface area contributed by atoms with Gasteiger partial charge in [-0.05, 0) is 105 Å². The third-order valence-electron chi connectivity index (χ3n) is 11.3. The molecule has 312 valence electrons. The number of nitrogens with one attached hydrogen (secondary N) is 2. The number of rotatable bonds is 26. The lowest BCUT2D eigenvalue weighted by molar-refractivity contribution is 0.522. The minimum atomic E-state index is -0.723. The van der Waals surface area contributed by atoms with Crippen LogP contribution in [0.15, 0.2) is 55.6 Å². The fourth-order valence-electron chi connectivity index (χ4n) is 8.17. The van der Waals surface area contributed by atoms with Crippen molar-refractivity contribution < 1.29 is 8.78 Å². The number of fused-ring (bicyclic) bond motifs is 1. The first-order valence-electron chi connectivity index (χ1n) is 21.6. The van der Waals surface area contributed by atoms with Crippen molar-refractivity contribution in [3.05, 3.63) is 76.5 Å². The molecule has 1 saturated heterocycles. The lowest BCUT2D eigenvalue weighted by atomic mass is 9.86. The first kappa shape index (κ1) is 45.9. The van der Waals surface area contributed by atoms with Crippen LogP contribution in [-0.2, 0) is 12.8 Å². The predicted octanol–water partition coefficient (Wildman–Crippen LogP) is 18.3. The first-order chi connectivity index (χ1) is 27.9. The highest BCUT2D eigenvalue weighted by Gasteiger charge is 2.44. The summed E-state index contributed by atoms with van der Waals surface area (Å²) in [5.41, 5.74) is 3.38. The van der Waals surface area contributed by atoms with Crippen molar-refractivity contribution in [2.75, 3.05) is 0 Å². The molecule has 0 bridgehead atoms. The third-order valence-corrected chi connectivity index (χ3v) is 18.1. The van der Waals surface area contributed by atoms with Crippen molar-refractivity contribution in [2.45, 2.75) is 167 Å². The minimum absolute atomic E-state index is 0.386. The monoisotopic (exact) mass is 996 g/mol. The fourth-order valence-corrected chi connectivity index (χ4v) is 14.6. The summed E-state index contributed by atoms with van der Waals surface area (Å²) in [4.78, 5) is 6.38. The van der Waals surface area contributed by atoms with Crippen LogP contribution in [0.1, 0.15) is 163 Å². The summed E-state index contributed by atoms with van der Waals surface area (Å²) in [7, 11) is 0. The van der Waals surface area contributed by atoms with E-state index in [0.717, 1.165) is 43.0 Å². The standard InChI is InChI=1S/C46H60Br2F2N2S5/c1-3-5-7-9-11-13-15-17-19-21-23-31-29-35(55-45(31)33-25-27-37(47)53-33)39-41(49)42(50)40(44-43(39)51-57-52-44)36-30-32(46(56-36)34-26-28-38(48)54-34)24-22-20-18-16-14-12-10-8-6-4-2/h25-30,43-44,51-52H,3-24H2,1-2H3. The van der Waals surface area contributed by atoms with E-state index in [1.54, 1.807) is 45.3 Å². The summed E-state index contributed by atoms with van der Waals surface area (Å²) < 4.78 is 42.7. The average molecular weight is 999 g/mol. The zero-order chi connectivity index (χ0) is 40.0. The van der Waals surface area contributed by atoms with Crippen molar-refractivity contribution in [3.8, 4) is 19.5 Å². The molecule has 5 heterocycles. The van der Waals surface area contributed by atoms with Gasteiger partial charge in [-0.1, -0.05) is 129 Å². The Kier molecular flexibility index (Phi) is 19.4. The van der Waals surface area contributed by atoms with Crippen molar-refractivity contribution >= 4 is 100 Å². The van der Waals surface area contributed by atoms with Gasteiger partial charge in [0, 0.05) is 52.5 Å². The van der Waals surface area contributed by atoms with Crippen LogP contribution in [0.2, 0.25) is 0 Å². The van der Waals surface area contributed by atoms with E-state index in [1.165, 1.54) is 158 Å². The van der Waals surface area contributed by atoms with E-state index >= 15 is 8.78 Å². The third kappa shape index (κ3) is 12.7. The summed E-state index contributed by atoms with van der Waals surface area (Å²) >= 11 is 15.3. The van der Waals surface area contributed by atoms with Crippen LogP contribution in [0.5, 0.6) is 0 Å². The summed E-state index contributed by atoms with van der Waals surface area (Å²) in [6, 6.07) is 12.0. The van der Waals surface area contributed by atoms with Crippen LogP contribution in [-0.4, -0.2) is 12.1 Å². The van der Waals surface area contributed by atoms with E-state index in [1.807, 2.05) is 0 Å². The first-order valence-corrected chi connectivity index (χ1v) is 27.3. The minimum Gasteiger partial charge on any atom is -0.241 e. The lowest BCUT2D eigenvalue weighted by Crippen LogP contribution is -2.38. The van der Waals surface area contributed by atoms with E-state index in [4.69, 9.17) is 0 Å². The Balaban J connectivity index is 1.19. The van der Waals surface area contributed by atoms with Gasteiger partial charge in [0.1, 0.15) is 0 Å². The molecule has 0 amide bonds. The second kappa shape index (κ2) is 24.1. The maximum absolute atomic E-state index is 16.8. The van der Waals surface area contributed by atoms with E-state index in [9.17, 15) is 0 Å². The molecule has 1 aliphatic carbocycles. The van der Waals surface area contributed by atoms with Crippen molar-refractivity contribution in [2.24, 2.45) is 0 Å². The molecule has 0 spiro atoms. The molecule has 2 nitrogen and oxygen atoms in total. The maximum Gasteiger partial charge on any atom is 0.165 e. The van der Waals surface area contributed by atoms with Crippen LogP contribution in [0.4, 0.5) is 8.78 Å². The Morgan fingerprint density at radius 3 is 1.16 bits per heavy atom. The topological polar surface area (TPSA) is 24.1 Å². The molecule has 2 N–H and O–H groups in total. The molecule has 57 heavy (non-hydrogen) atoms. The molecule has 0 saturated carbocycles. The van der Waals surface area contributed by atoms with E-state index in [0.29, 0.717) is 11.1 Å². The van der Waals surface area contributed by atoms with E-state index in [2.05, 4.69) is 91.5 Å². The number of thiophene rings is 4. The fraction of sp³-hybridized carbons (Fsp3) is 0.565. The second-order valence-corrected chi connectivity index (χ2v) is 23.5. The molecule has 2 atom stereocenters. The number of aryl methyl sites for hydroxylation is 2. The summed E-state index contributed by atoms with van der Waals surface area (Å²) in [5, 5.41) is 0. The number of hydrogen-bond acceptors (Lipinski definition) is 7. The SMILES string of the molecule is CCCCCCCCCCCCc1cc(C2=C(F)C(F)=C(c3cc(CCCCCCCCCCCC)c(-c4ccc(Br)s4)s3)C3NSNC23)sc1-c1ccc(Br)s1. The van der Waals surface area contributed by atoms with Gasteiger partial charge in [0.2, 0.25) is 0 Å². The van der Waals surface area contributed by atoms with Gasteiger partial charge in [-0.3, -0.25) is 0 Å². The van der Waals surface area contributed by atoms with Gasteiger partial charge < -0.3 is 0 Å². The molecule has 6 rings (SSSR count). The van der Waals surface area contributed by atoms with Crippen LogP contribution >= 0.6 is 89.3 Å². The molecule has 2 aliphatic rings. The maximum atomic E-state index is 16.8. The molecular formula is C46H60Br2F2N2S5. The predicted molar refractivity (Wildman–Crippen MR) is 259 cm³/mol. The van der Waals surface area contributed by atoms with Gasteiger partial charge in [0.25, 0.3) is 0 Å². The molecule has 11 heteroatoms. The Labute approximate surface area is 378 Å². The quantitative estimate of drug-likeness (QED) is 0.0484. The Hall–Kier alpha value is -0.630. The highest BCUT2D eigenvalue weighted by Crippen LogP contribution is 2.51. The van der Waals surface area contributed by atoms with Gasteiger partial charge in [-0.25, -0.2) is 18.2 Å². The van der Waals surface area contributed by atoms with E-state index in [-0.39, 0.29) is 12.1 Å². The Bertz CT molecular complexity index is 1770. The van der Waals surface area contributed by atoms with Gasteiger partial charge >= 0.3 is 0 Å². The zero-order valence-electron chi connectivity index (χ0n) is 33.7. The molecule has 1 fully saturated rings. The van der Waals surface area contributed by atoms with Gasteiger partial charge in [-0.2, -0.15) is 0 Å². The van der Waals surface area contributed by atoms with Crippen LogP contribution in [0.3, 0.4) is 0 Å². The van der Waals surface area contributed by atoms with Crippen molar-refractivity contribution in [1.29, 1.82) is 0 Å². The Morgan fingerprint density at radius 2 is 0.825 bits per heavy atom. The number of halogens is 4. The second-order valence-electron chi connectivity index (χ2n) is 15.7. The number of allylic oxidation sites excluding steroid dienone is 2. The molecule has 0 aromatic carbocycles. The van der Waals surface area contributed by atoms with Gasteiger partial charge in [0.15, 0.2) is 11.7 Å². The summed E-state index contributed by atoms with van der Waals surface area (Å²) in [5.74, 6) is -1.45. The van der Waals surface area contributed by atoms with Gasteiger partial charge in [-0.15, -0.1) is 45.3 Å². The van der Waals surface area contributed by atoms with Crippen molar-refractivity contribution in [1.82, 2.24) is 9.44 Å². The molecular weight excluding hydrogens is 939 g/mol. The molecule has 0 radical (unpaired) electrons. The van der Waals surface area contributed by atoms with Crippen LogP contribution in [0.25, 0.3) is 30.7 Å². The summed E-state index contributed by atoms with van der Waals surface area (Å²) in [6.45, 7) is 4.54. The number of unbranched alkanes of at least 4 members (excludes halogenated alkanes) is 18. The van der Waals surface area contributed by atoms with Crippen LogP contribution < -0.4 is 9.44 Å². The van der Waals surface area contributed by atoms with Crippen molar-refractivity contribution in [3.63, 3.8) is 0 Å². The highest BCUT2D eigenvalue weighted by molar-refractivity contribution is 9.11. The molecule has 1 aliphatic heterocycles. The molecule has 4 aromatic heterocycles. The summed E-state index contributed by atoms with van der Waals surface area (Å²) in [6.07, 6.45) is 27.7. The number of hydrogen-bond donors (Lipinski definition) is 2. The van der Waals surface area contributed by atoms with Gasteiger partial charge in [0.05, 0.1) is 19.7 Å². The zero-order valence-corrected chi connectivity index (χ0v) is 41.0. The average Bonchev–Trinajstić information content (AvgIpc) is 4.06. The Morgan fingerprint density at radius 1 is 0.474 bits per heavy atom. The lowest BCUT2D eigenvalue weighted by Gasteiger charge is -2.28. The highest BCUT2D eigenvalue weighted by atomic mass is 79.9. The smallest absolute Gasteiger partial charge is 0.165 e. The van der Waals surface area contributed by atoms with Crippen LogP contribution in [0, 0.1) is 0 Å². The van der Waals surface area contributed by atoms with E-state index < -0.39 is 11.7 Å². The molecule has 4 aromatic rings. The molecule has 2 unspecified atom stereocenters.